The van der Waals surface area contributed by atoms with E-state index in [2.05, 4.69) is 0 Å². The molecule has 1 atom stereocenters. The van der Waals surface area contributed by atoms with E-state index in [0.29, 0.717) is 0 Å². The fraction of sp³-hybridized carbons (Fsp3) is 1.00. The lowest BCUT2D eigenvalue weighted by Crippen LogP contribution is -1.86. The largest absolute Gasteiger partial charge is 0.344 e. The standard InChI is InChI=1S/C4H12O3P2/c1-8(2,5)4-9(3,6)7/h4H2,1-3H3,(H,6,7). The highest BCUT2D eigenvalue weighted by atomic mass is 31.2. The van der Waals surface area contributed by atoms with Crippen LogP contribution in [0.4, 0.5) is 0 Å². The Balaban J connectivity index is 4.07. The monoisotopic (exact) mass is 170 g/mol. The second kappa shape index (κ2) is 2.57. The predicted molar refractivity (Wildman–Crippen MR) is 40.1 cm³/mol. The number of hydrogen-bond acceptors (Lipinski definition) is 2. The van der Waals surface area contributed by atoms with Gasteiger partial charge in [0, 0.05) is 6.66 Å². The van der Waals surface area contributed by atoms with Gasteiger partial charge in [-0.1, -0.05) is 0 Å². The van der Waals surface area contributed by atoms with Crippen LogP contribution in [0.3, 0.4) is 0 Å². The highest BCUT2D eigenvalue weighted by Crippen LogP contribution is 2.52. The molecule has 3 nitrogen and oxygen atoms in total. The molecule has 0 aromatic heterocycles. The molecule has 0 aliphatic carbocycles. The van der Waals surface area contributed by atoms with Gasteiger partial charge in [0.25, 0.3) is 0 Å². The van der Waals surface area contributed by atoms with Gasteiger partial charge < -0.3 is 9.46 Å². The topological polar surface area (TPSA) is 54.4 Å². The normalized spacial score (nSPS) is 19.1. The van der Waals surface area contributed by atoms with Gasteiger partial charge in [-0.25, -0.2) is 0 Å². The molecule has 0 rings (SSSR count). The van der Waals surface area contributed by atoms with E-state index in [0.717, 1.165) is 0 Å². The SMILES string of the molecule is CP(C)(=O)CP(C)(=O)O. The summed E-state index contributed by atoms with van der Waals surface area (Å²) in [5, 5.41) is 0. The van der Waals surface area contributed by atoms with Gasteiger partial charge in [-0.05, 0) is 13.3 Å². The maximum atomic E-state index is 10.9. The van der Waals surface area contributed by atoms with Gasteiger partial charge in [0.15, 0.2) is 0 Å². The van der Waals surface area contributed by atoms with E-state index in [1.54, 1.807) is 0 Å². The molecule has 0 heterocycles. The molecule has 0 spiro atoms. The zero-order valence-corrected chi connectivity index (χ0v) is 7.65. The molecule has 5 heteroatoms. The van der Waals surface area contributed by atoms with Gasteiger partial charge in [-0.2, -0.15) is 0 Å². The summed E-state index contributed by atoms with van der Waals surface area (Å²) in [5.74, 6) is -0.0417. The van der Waals surface area contributed by atoms with Crippen molar-refractivity contribution >= 4 is 14.5 Å². The lowest BCUT2D eigenvalue weighted by atomic mass is 11.8. The maximum absolute atomic E-state index is 10.9. The van der Waals surface area contributed by atoms with E-state index in [4.69, 9.17) is 4.89 Å². The molecule has 0 aromatic rings. The lowest BCUT2D eigenvalue weighted by molar-refractivity contribution is 0.489. The van der Waals surface area contributed by atoms with Crippen LogP contribution < -0.4 is 0 Å². The third-order valence-electron chi connectivity index (χ3n) is 0.603. The smallest absolute Gasteiger partial charge is 0.204 e. The molecule has 0 aliphatic heterocycles. The van der Waals surface area contributed by atoms with Crippen molar-refractivity contribution in [3.8, 4) is 0 Å². The Bertz CT molecular complexity index is 154. The molecule has 0 bridgehead atoms. The fourth-order valence-corrected chi connectivity index (χ4v) is 5.69. The van der Waals surface area contributed by atoms with E-state index in [1.807, 2.05) is 0 Å². The summed E-state index contributed by atoms with van der Waals surface area (Å²) in [6, 6.07) is 0. The first-order valence-electron chi connectivity index (χ1n) is 2.54. The average Bonchev–Trinajstić information content (AvgIpc) is 1.14. The molecule has 0 saturated heterocycles. The summed E-state index contributed by atoms with van der Waals surface area (Å²) < 4.78 is 21.5. The minimum absolute atomic E-state index is 0.0417. The van der Waals surface area contributed by atoms with E-state index >= 15 is 0 Å². The Kier molecular flexibility index (Phi) is 2.69. The highest BCUT2D eigenvalue weighted by molar-refractivity contribution is 7.77. The average molecular weight is 170 g/mol. The van der Waals surface area contributed by atoms with Gasteiger partial charge >= 0.3 is 0 Å². The Morgan fingerprint density at radius 1 is 1.22 bits per heavy atom. The first kappa shape index (κ1) is 9.42. The van der Waals surface area contributed by atoms with Crippen LogP contribution in [0.2, 0.25) is 0 Å². The van der Waals surface area contributed by atoms with Crippen molar-refractivity contribution in [2.24, 2.45) is 0 Å². The van der Waals surface area contributed by atoms with Crippen LogP contribution in [0, 0.1) is 0 Å². The first-order valence-corrected chi connectivity index (χ1v) is 7.62. The second-order valence-corrected chi connectivity index (χ2v) is 9.15. The van der Waals surface area contributed by atoms with Crippen molar-refractivity contribution in [1.82, 2.24) is 0 Å². The third kappa shape index (κ3) is 8.42. The van der Waals surface area contributed by atoms with Crippen molar-refractivity contribution in [2.45, 2.75) is 0 Å². The summed E-state index contributed by atoms with van der Waals surface area (Å²) in [6.45, 7) is 4.26. The molecule has 0 amide bonds. The molecule has 0 radical (unpaired) electrons. The minimum Gasteiger partial charge on any atom is -0.344 e. The van der Waals surface area contributed by atoms with Gasteiger partial charge in [-0.15, -0.1) is 0 Å². The van der Waals surface area contributed by atoms with Crippen LogP contribution in [-0.4, -0.2) is 30.8 Å². The van der Waals surface area contributed by atoms with Gasteiger partial charge in [-0.3, -0.25) is 4.57 Å². The van der Waals surface area contributed by atoms with Crippen LogP contribution in [0.1, 0.15) is 0 Å². The van der Waals surface area contributed by atoms with E-state index < -0.39 is 14.5 Å². The van der Waals surface area contributed by atoms with Crippen molar-refractivity contribution in [1.29, 1.82) is 0 Å². The van der Waals surface area contributed by atoms with Crippen molar-refractivity contribution in [3.63, 3.8) is 0 Å². The summed E-state index contributed by atoms with van der Waals surface area (Å²) >= 11 is 0. The van der Waals surface area contributed by atoms with Crippen LogP contribution in [-0.2, 0) is 9.13 Å². The van der Waals surface area contributed by atoms with Gasteiger partial charge in [0.2, 0.25) is 7.37 Å². The van der Waals surface area contributed by atoms with Crippen LogP contribution in [0.15, 0.2) is 0 Å². The Morgan fingerprint density at radius 2 is 1.56 bits per heavy atom. The molecule has 1 unspecified atom stereocenters. The Labute approximate surface area is 55.3 Å². The molecule has 1 N–H and O–H groups in total. The summed E-state index contributed by atoms with van der Waals surface area (Å²) in [6.07, 6.45) is 0. The Hall–Kier alpha value is 0.420. The molecule has 0 saturated carbocycles. The zero-order chi connectivity index (χ0) is 7.71. The molecule has 0 fully saturated rings. The van der Waals surface area contributed by atoms with E-state index in [9.17, 15) is 9.13 Å². The quantitative estimate of drug-likeness (QED) is 0.638. The van der Waals surface area contributed by atoms with Gasteiger partial charge in [0.1, 0.15) is 0 Å². The maximum Gasteiger partial charge on any atom is 0.204 e. The van der Waals surface area contributed by atoms with Crippen LogP contribution >= 0.6 is 14.5 Å². The molecule has 0 aromatic carbocycles. The summed E-state index contributed by atoms with van der Waals surface area (Å²) in [4.78, 5) is 8.74. The summed E-state index contributed by atoms with van der Waals surface area (Å²) in [5.41, 5.74) is 0. The zero-order valence-electron chi connectivity index (χ0n) is 5.87. The molecule has 56 valence electrons. The van der Waals surface area contributed by atoms with Crippen molar-refractivity contribution in [2.75, 3.05) is 25.9 Å². The van der Waals surface area contributed by atoms with Crippen molar-refractivity contribution in [3.05, 3.63) is 0 Å². The fourth-order valence-electron chi connectivity index (χ4n) is 0.632. The lowest BCUT2D eigenvalue weighted by Gasteiger charge is -2.07. The Morgan fingerprint density at radius 3 is 1.56 bits per heavy atom. The van der Waals surface area contributed by atoms with Crippen LogP contribution in [0.5, 0.6) is 0 Å². The van der Waals surface area contributed by atoms with E-state index in [1.165, 1.54) is 20.0 Å². The van der Waals surface area contributed by atoms with Crippen molar-refractivity contribution < 1.29 is 14.0 Å². The molecular formula is C4H12O3P2. The minimum atomic E-state index is -3.05. The van der Waals surface area contributed by atoms with Gasteiger partial charge in [0.05, 0.1) is 13.0 Å². The third-order valence-corrected chi connectivity index (χ3v) is 5.43. The molecular weight excluding hydrogens is 158 g/mol. The summed E-state index contributed by atoms with van der Waals surface area (Å²) in [7, 11) is -5.35. The first-order chi connectivity index (χ1) is 3.71. The second-order valence-electron chi connectivity index (χ2n) is 2.77. The molecule has 0 aliphatic rings. The van der Waals surface area contributed by atoms with E-state index in [-0.39, 0.29) is 5.90 Å². The predicted octanol–water partition coefficient (Wildman–Crippen LogP) is 1.47. The highest BCUT2D eigenvalue weighted by Gasteiger charge is 2.19. The molecule has 9 heavy (non-hydrogen) atoms. The van der Waals surface area contributed by atoms with Crippen LogP contribution in [0.25, 0.3) is 0 Å². The number of hydrogen-bond donors (Lipinski definition) is 1. The number of rotatable bonds is 2.